The lowest BCUT2D eigenvalue weighted by atomic mass is 10.1. The quantitative estimate of drug-likeness (QED) is 0.600. The molecule has 0 fully saturated rings. The molecule has 1 unspecified atom stereocenters. The number of benzene rings is 2. The maximum atomic E-state index is 12.8. The molecule has 1 aromatic heterocycles. The van der Waals surface area contributed by atoms with Crippen molar-refractivity contribution >= 4 is 40.5 Å². The molecule has 3 rings (SSSR count). The molecule has 0 aliphatic carbocycles. The van der Waals surface area contributed by atoms with Crippen molar-refractivity contribution in [1.29, 1.82) is 0 Å². The number of rotatable bonds is 7. The van der Waals surface area contributed by atoms with E-state index in [-0.39, 0.29) is 11.9 Å². The summed E-state index contributed by atoms with van der Waals surface area (Å²) in [4.78, 5) is 21.8. The number of H-pyrrole nitrogens is 1. The van der Waals surface area contributed by atoms with Gasteiger partial charge in [-0.25, -0.2) is 4.98 Å². The van der Waals surface area contributed by atoms with Gasteiger partial charge in [0.1, 0.15) is 5.82 Å². The molecule has 1 amide bonds. The minimum Gasteiger partial charge on any atom is -0.342 e. The number of amides is 1. The van der Waals surface area contributed by atoms with Crippen LogP contribution in [0.3, 0.4) is 0 Å². The number of hydrogen-bond donors (Lipinski definition) is 2. The predicted molar refractivity (Wildman–Crippen MR) is 108 cm³/mol. The summed E-state index contributed by atoms with van der Waals surface area (Å²) in [6.45, 7) is 0. The van der Waals surface area contributed by atoms with Crippen molar-refractivity contribution in [2.24, 2.45) is 0 Å². The highest BCUT2D eigenvalue weighted by Gasteiger charge is 2.20. The number of carbonyl (C=O) groups excluding carboxylic acids is 1. The van der Waals surface area contributed by atoms with E-state index in [1.165, 1.54) is 0 Å². The summed E-state index contributed by atoms with van der Waals surface area (Å²) in [5, 5.41) is 3.16. The SMILES string of the molecule is CSCCC(NC(=O)c1ccccc1SC)c1nc2ccccc2[nH]1. The number of nitrogens with zero attached hydrogens (tertiary/aromatic N) is 1. The van der Waals surface area contributed by atoms with E-state index in [0.717, 1.165) is 33.9 Å². The lowest BCUT2D eigenvalue weighted by Gasteiger charge is -2.17. The van der Waals surface area contributed by atoms with E-state index >= 15 is 0 Å². The highest BCUT2D eigenvalue weighted by molar-refractivity contribution is 7.98. The number of fused-ring (bicyclic) bond motifs is 1. The van der Waals surface area contributed by atoms with Crippen molar-refractivity contribution in [1.82, 2.24) is 15.3 Å². The first-order valence-corrected chi connectivity index (χ1v) is 10.7. The monoisotopic (exact) mass is 371 g/mol. The van der Waals surface area contributed by atoms with Crippen molar-refractivity contribution in [3.8, 4) is 0 Å². The fourth-order valence-electron chi connectivity index (χ4n) is 2.72. The van der Waals surface area contributed by atoms with Crippen molar-refractivity contribution in [2.75, 3.05) is 18.3 Å². The van der Waals surface area contributed by atoms with E-state index in [1.807, 2.05) is 54.8 Å². The summed E-state index contributed by atoms with van der Waals surface area (Å²) in [6, 6.07) is 15.5. The third-order valence-electron chi connectivity index (χ3n) is 4.01. The molecule has 0 spiro atoms. The normalized spacial score (nSPS) is 12.2. The number of thioether (sulfide) groups is 2. The van der Waals surface area contributed by atoms with Crippen LogP contribution in [-0.2, 0) is 0 Å². The van der Waals surface area contributed by atoms with Crippen molar-refractivity contribution < 1.29 is 4.79 Å². The number of carbonyl (C=O) groups is 1. The van der Waals surface area contributed by atoms with Gasteiger partial charge < -0.3 is 10.3 Å². The molecule has 2 aromatic carbocycles. The molecule has 0 aliphatic heterocycles. The van der Waals surface area contributed by atoms with Crippen LogP contribution in [0.1, 0.15) is 28.6 Å². The van der Waals surface area contributed by atoms with Crippen LogP contribution in [0.5, 0.6) is 0 Å². The zero-order valence-corrected chi connectivity index (χ0v) is 15.9. The summed E-state index contributed by atoms with van der Waals surface area (Å²) in [7, 11) is 0. The minimum absolute atomic E-state index is 0.0588. The van der Waals surface area contributed by atoms with Gasteiger partial charge in [0, 0.05) is 4.90 Å². The Balaban J connectivity index is 1.86. The smallest absolute Gasteiger partial charge is 0.253 e. The Morgan fingerprint density at radius 2 is 1.92 bits per heavy atom. The second-order valence-corrected chi connectivity index (χ2v) is 7.48. The Morgan fingerprint density at radius 1 is 1.16 bits per heavy atom. The van der Waals surface area contributed by atoms with Gasteiger partial charge in [-0.2, -0.15) is 11.8 Å². The van der Waals surface area contributed by atoms with E-state index in [1.54, 1.807) is 23.5 Å². The Labute approximate surface area is 156 Å². The fraction of sp³-hybridized carbons (Fsp3) is 0.263. The summed E-state index contributed by atoms with van der Waals surface area (Å²) >= 11 is 3.34. The average molecular weight is 372 g/mol. The van der Waals surface area contributed by atoms with Crippen LogP contribution in [0, 0.1) is 0 Å². The Bertz CT molecular complexity index is 830. The largest absolute Gasteiger partial charge is 0.342 e. The van der Waals surface area contributed by atoms with Crippen LogP contribution in [0.15, 0.2) is 53.4 Å². The number of hydrogen-bond acceptors (Lipinski definition) is 4. The van der Waals surface area contributed by atoms with Crippen LogP contribution in [0.25, 0.3) is 11.0 Å². The molecular formula is C19H21N3OS2. The van der Waals surface area contributed by atoms with Crippen molar-refractivity contribution in [3.63, 3.8) is 0 Å². The average Bonchev–Trinajstić information content (AvgIpc) is 3.08. The van der Waals surface area contributed by atoms with Crippen LogP contribution >= 0.6 is 23.5 Å². The van der Waals surface area contributed by atoms with Crippen molar-refractivity contribution in [2.45, 2.75) is 17.4 Å². The lowest BCUT2D eigenvalue weighted by Crippen LogP contribution is -2.30. The molecule has 4 nitrogen and oxygen atoms in total. The molecule has 1 heterocycles. The molecule has 25 heavy (non-hydrogen) atoms. The van der Waals surface area contributed by atoms with Crippen LogP contribution in [0.2, 0.25) is 0 Å². The summed E-state index contributed by atoms with van der Waals surface area (Å²) in [5.41, 5.74) is 2.62. The molecule has 0 radical (unpaired) electrons. The van der Waals surface area contributed by atoms with Gasteiger partial charge in [0.2, 0.25) is 0 Å². The molecule has 3 aromatic rings. The summed E-state index contributed by atoms with van der Waals surface area (Å²) in [6.07, 6.45) is 4.88. The first-order valence-electron chi connectivity index (χ1n) is 8.10. The molecule has 130 valence electrons. The van der Waals surface area contributed by atoms with E-state index in [4.69, 9.17) is 0 Å². The Morgan fingerprint density at radius 3 is 2.68 bits per heavy atom. The van der Waals surface area contributed by atoms with Crippen LogP contribution in [-0.4, -0.2) is 34.1 Å². The van der Waals surface area contributed by atoms with Gasteiger partial charge in [0.25, 0.3) is 5.91 Å². The lowest BCUT2D eigenvalue weighted by molar-refractivity contribution is 0.0931. The molecule has 0 saturated heterocycles. The zero-order chi connectivity index (χ0) is 17.6. The molecular weight excluding hydrogens is 350 g/mol. The zero-order valence-electron chi connectivity index (χ0n) is 14.3. The Hall–Kier alpha value is -1.92. The molecule has 2 N–H and O–H groups in total. The standard InChI is InChI=1S/C19H21N3OS2/c1-24-12-11-16(18-20-14-8-4-5-9-15(14)21-18)22-19(23)13-7-3-6-10-17(13)25-2/h3-10,16H,11-12H2,1-2H3,(H,20,21)(H,22,23). The summed E-state index contributed by atoms with van der Waals surface area (Å²) < 4.78 is 0. The second-order valence-electron chi connectivity index (χ2n) is 5.65. The number of imidazole rings is 1. The maximum absolute atomic E-state index is 12.8. The van der Waals surface area contributed by atoms with Crippen LogP contribution in [0.4, 0.5) is 0 Å². The molecule has 6 heteroatoms. The van der Waals surface area contributed by atoms with Gasteiger partial charge >= 0.3 is 0 Å². The molecule has 0 aliphatic rings. The predicted octanol–water partition coefficient (Wildman–Crippen LogP) is 4.51. The molecule has 0 bridgehead atoms. The van der Waals surface area contributed by atoms with E-state index in [2.05, 4.69) is 21.5 Å². The molecule has 0 saturated carbocycles. The third kappa shape index (κ3) is 4.19. The van der Waals surface area contributed by atoms with E-state index < -0.39 is 0 Å². The minimum atomic E-state index is -0.137. The van der Waals surface area contributed by atoms with Crippen LogP contribution < -0.4 is 5.32 Å². The molecule has 1 atom stereocenters. The first kappa shape index (κ1) is 17.9. The summed E-state index contributed by atoms with van der Waals surface area (Å²) in [5.74, 6) is 1.70. The Kier molecular flexibility index (Phi) is 6.04. The second kappa shape index (κ2) is 8.45. The topological polar surface area (TPSA) is 57.8 Å². The highest BCUT2D eigenvalue weighted by atomic mass is 32.2. The third-order valence-corrected chi connectivity index (χ3v) is 5.45. The van der Waals surface area contributed by atoms with E-state index in [9.17, 15) is 4.79 Å². The van der Waals surface area contributed by atoms with E-state index in [0.29, 0.717) is 5.56 Å². The van der Waals surface area contributed by atoms with Gasteiger partial charge in [0.05, 0.1) is 22.6 Å². The number of para-hydroxylation sites is 2. The number of aromatic nitrogens is 2. The van der Waals surface area contributed by atoms with Gasteiger partial charge in [-0.1, -0.05) is 24.3 Å². The number of aromatic amines is 1. The van der Waals surface area contributed by atoms with Gasteiger partial charge in [-0.05, 0) is 49.0 Å². The highest BCUT2D eigenvalue weighted by Crippen LogP contribution is 2.23. The van der Waals surface area contributed by atoms with Crippen molar-refractivity contribution in [3.05, 3.63) is 59.9 Å². The number of nitrogens with one attached hydrogen (secondary N) is 2. The maximum Gasteiger partial charge on any atom is 0.253 e. The first-order chi connectivity index (χ1) is 12.2. The van der Waals surface area contributed by atoms with Gasteiger partial charge in [-0.15, -0.1) is 11.8 Å². The van der Waals surface area contributed by atoms with Gasteiger partial charge in [-0.3, -0.25) is 4.79 Å². The fourth-order valence-corrected chi connectivity index (χ4v) is 3.79. The van der Waals surface area contributed by atoms with Gasteiger partial charge in [0.15, 0.2) is 0 Å².